The molecular weight excluding hydrogens is 293 g/mol. The van der Waals surface area contributed by atoms with Crippen LogP contribution < -0.4 is 0 Å². The molecule has 0 aromatic heterocycles. The van der Waals surface area contributed by atoms with Gasteiger partial charge in [-0.25, -0.2) is 0 Å². The van der Waals surface area contributed by atoms with Crippen LogP contribution in [0.25, 0.3) is 0 Å². The van der Waals surface area contributed by atoms with Crippen LogP contribution in [0.4, 0.5) is 0 Å². The third-order valence-corrected chi connectivity index (χ3v) is 63.8. The van der Waals surface area contributed by atoms with Crippen molar-refractivity contribution in [1.82, 2.24) is 0 Å². The third kappa shape index (κ3) is 2.39. The Morgan fingerprint density at radius 2 is 0.647 bits per heavy atom. The van der Waals surface area contributed by atoms with E-state index in [-0.39, 0.29) is 0 Å². The maximum absolute atomic E-state index is 6.86. The monoisotopic (exact) mass is 322 g/mol. The topological polar surface area (TPSA) is 18.5 Å². The second-order valence-electron chi connectivity index (χ2n) is 7.87. The Labute approximate surface area is 112 Å². The van der Waals surface area contributed by atoms with E-state index >= 15 is 0 Å². The fourth-order valence-electron chi connectivity index (χ4n) is 2.50. The number of hydrogen-bond acceptors (Lipinski definition) is 2. The molecule has 2 nitrogen and oxygen atoms in total. The van der Waals surface area contributed by atoms with Crippen LogP contribution in [0.3, 0.4) is 0 Å². The quantitative estimate of drug-likeness (QED) is 0.632. The highest BCUT2D eigenvalue weighted by Gasteiger charge is 2.64. The van der Waals surface area contributed by atoms with Gasteiger partial charge in [-0.1, -0.05) is 13.1 Å². The minimum atomic E-state index is -1.63. The predicted octanol–water partition coefficient (Wildman–Crippen LogP) is 3.80. The van der Waals surface area contributed by atoms with Crippen LogP contribution in [0.1, 0.15) is 0 Å². The van der Waals surface area contributed by atoms with Crippen LogP contribution in [0, 0.1) is 0 Å². The summed E-state index contributed by atoms with van der Waals surface area (Å²) < 4.78 is 13.7. The second-order valence-corrected chi connectivity index (χ2v) is 48.3. The van der Waals surface area contributed by atoms with Crippen LogP contribution in [0.15, 0.2) is 0 Å². The van der Waals surface area contributed by atoms with E-state index in [0.717, 1.165) is 0 Å². The van der Waals surface area contributed by atoms with Gasteiger partial charge in [-0.2, -0.15) is 0 Å². The smallest absolute Gasteiger partial charge is 0.191 e. The Balaban J connectivity index is 3.38. The van der Waals surface area contributed by atoms with Crippen molar-refractivity contribution in [2.24, 2.45) is 0 Å². The SMILES string of the molecule is C[Si]1(C)O[Si](C)(C)[Si](C)(C)[Si](C)(C)O[Si]1(C)C. The number of rotatable bonds is 0. The number of hydrogen-bond donors (Lipinski definition) is 0. The maximum Gasteiger partial charge on any atom is 0.191 e. The first kappa shape index (κ1) is 16.1. The summed E-state index contributed by atoms with van der Waals surface area (Å²) >= 11 is 0. The summed E-state index contributed by atoms with van der Waals surface area (Å²) in [5.74, 6) is 0. The van der Waals surface area contributed by atoms with Gasteiger partial charge in [0.15, 0.2) is 31.3 Å². The fourth-order valence-corrected chi connectivity index (χ4v) is 58.4. The van der Waals surface area contributed by atoms with Crippen molar-refractivity contribution in [2.75, 3.05) is 0 Å². The summed E-state index contributed by atoms with van der Waals surface area (Å²) in [4.78, 5) is 0. The largest absolute Gasteiger partial charge is 0.458 e. The zero-order valence-corrected chi connectivity index (χ0v) is 18.3. The molecule has 0 amide bonds. The van der Waals surface area contributed by atoms with Crippen LogP contribution in [0.5, 0.6) is 0 Å². The van der Waals surface area contributed by atoms with Crippen molar-refractivity contribution in [1.29, 1.82) is 0 Å². The van der Waals surface area contributed by atoms with E-state index in [2.05, 4.69) is 65.5 Å². The minimum absolute atomic E-state index is 1.37. The van der Waals surface area contributed by atoms with E-state index in [1.807, 2.05) is 0 Å². The van der Waals surface area contributed by atoms with Gasteiger partial charge in [0.05, 0.1) is 7.11 Å². The molecule has 0 atom stereocenters. The van der Waals surface area contributed by atoms with Gasteiger partial charge in [0.1, 0.15) is 0 Å². The lowest BCUT2D eigenvalue weighted by Crippen LogP contribution is -2.71. The molecule has 0 aromatic rings. The maximum atomic E-state index is 6.86. The van der Waals surface area contributed by atoms with Crippen molar-refractivity contribution in [3.05, 3.63) is 0 Å². The van der Waals surface area contributed by atoms with E-state index in [9.17, 15) is 0 Å². The minimum Gasteiger partial charge on any atom is -0.458 e. The molecule has 1 heterocycles. The van der Waals surface area contributed by atoms with Crippen molar-refractivity contribution < 1.29 is 8.23 Å². The normalized spacial score (nSPS) is 32.8. The molecule has 0 saturated carbocycles. The lowest BCUT2D eigenvalue weighted by atomic mass is 11.9. The highest BCUT2D eigenvalue weighted by Crippen LogP contribution is 2.40. The third-order valence-electron chi connectivity index (χ3n) is 5.48. The standard InChI is InChI=1S/C10H30O2Si5/c1-13(2)11-15(5,6)17(9,10)16(7,8)12-14(13,3)4/h1-10H3. The Morgan fingerprint density at radius 3 is 0.882 bits per heavy atom. The van der Waals surface area contributed by atoms with Crippen molar-refractivity contribution in [3.8, 4) is 0 Å². The molecule has 1 saturated heterocycles. The van der Waals surface area contributed by atoms with E-state index in [4.69, 9.17) is 8.23 Å². The first-order valence-corrected chi connectivity index (χ1v) is 24.2. The first-order chi connectivity index (χ1) is 7.16. The molecule has 1 aliphatic rings. The van der Waals surface area contributed by atoms with E-state index in [1.165, 1.54) is 0 Å². The zero-order valence-electron chi connectivity index (χ0n) is 13.3. The molecule has 1 fully saturated rings. The Bertz CT molecular complexity index is 293. The summed E-state index contributed by atoms with van der Waals surface area (Å²) in [7, 11) is -7.75. The summed E-state index contributed by atoms with van der Waals surface area (Å²) in [6.07, 6.45) is 0. The molecule has 0 radical (unpaired) electrons. The van der Waals surface area contributed by atoms with Gasteiger partial charge in [0.2, 0.25) is 0 Å². The van der Waals surface area contributed by atoms with E-state index in [0.29, 0.717) is 0 Å². The highest BCUT2D eigenvalue weighted by molar-refractivity contribution is 7.69. The fraction of sp³-hybridized carbons (Fsp3) is 1.00. The lowest BCUT2D eigenvalue weighted by Gasteiger charge is -2.45. The Morgan fingerprint density at radius 1 is 0.412 bits per heavy atom. The molecule has 0 spiro atoms. The first-order valence-electron chi connectivity index (χ1n) is 6.57. The zero-order chi connectivity index (χ0) is 13.9. The molecule has 0 unspecified atom stereocenters. The van der Waals surface area contributed by atoms with Crippen molar-refractivity contribution in [2.45, 2.75) is 65.5 Å². The van der Waals surface area contributed by atoms with Crippen molar-refractivity contribution >= 4 is 38.4 Å². The van der Waals surface area contributed by atoms with Crippen LogP contribution in [-0.2, 0) is 8.23 Å². The van der Waals surface area contributed by atoms with Gasteiger partial charge in [0.25, 0.3) is 0 Å². The molecule has 1 aliphatic heterocycles. The second kappa shape index (κ2) is 4.00. The predicted molar refractivity (Wildman–Crippen MR) is 89.6 cm³/mol. The van der Waals surface area contributed by atoms with Crippen LogP contribution in [-0.4, -0.2) is 38.4 Å². The average molecular weight is 323 g/mol. The summed E-state index contributed by atoms with van der Waals surface area (Å²) in [5, 5.41) is 0. The molecule has 102 valence electrons. The molecule has 0 aliphatic carbocycles. The molecule has 17 heavy (non-hydrogen) atoms. The van der Waals surface area contributed by atoms with Crippen molar-refractivity contribution in [3.63, 3.8) is 0 Å². The summed E-state index contributed by atoms with van der Waals surface area (Å²) in [6.45, 7) is 24.5. The van der Waals surface area contributed by atoms with Gasteiger partial charge in [-0.3, -0.25) is 0 Å². The van der Waals surface area contributed by atoms with E-state index in [1.54, 1.807) is 0 Å². The molecule has 0 bridgehead atoms. The van der Waals surface area contributed by atoms with Gasteiger partial charge in [-0.15, -0.1) is 0 Å². The van der Waals surface area contributed by atoms with Gasteiger partial charge in [0, 0.05) is 0 Å². The van der Waals surface area contributed by atoms with Crippen LogP contribution in [0.2, 0.25) is 65.5 Å². The average Bonchev–Trinajstić information content (AvgIpc) is 1.98. The Hall–Kier alpha value is 1.00. The summed E-state index contributed by atoms with van der Waals surface area (Å²) in [5.41, 5.74) is 0. The van der Waals surface area contributed by atoms with E-state index < -0.39 is 38.4 Å². The van der Waals surface area contributed by atoms with Gasteiger partial charge < -0.3 is 8.23 Å². The molecule has 0 aromatic carbocycles. The molecule has 7 heteroatoms. The van der Waals surface area contributed by atoms with Gasteiger partial charge in [-0.05, 0) is 52.4 Å². The molecule has 1 rings (SSSR count). The molecule has 0 N–H and O–H groups in total. The molecular formula is C10H30O2Si5. The van der Waals surface area contributed by atoms with Gasteiger partial charge >= 0.3 is 0 Å². The lowest BCUT2D eigenvalue weighted by molar-refractivity contribution is 0.546. The summed E-state index contributed by atoms with van der Waals surface area (Å²) in [6, 6.07) is 0. The highest BCUT2D eigenvalue weighted by atomic mass is 29.7. The Kier molecular flexibility index (Phi) is 3.78. The van der Waals surface area contributed by atoms with Crippen LogP contribution >= 0.6 is 0 Å².